The zero-order valence-corrected chi connectivity index (χ0v) is 8.26. The average molecular weight is 233 g/mol. The molecule has 1 N–H and O–H groups in total. The van der Waals surface area contributed by atoms with E-state index in [1.807, 2.05) is 0 Å². The molecule has 0 aromatic heterocycles. The van der Waals surface area contributed by atoms with Crippen LogP contribution in [0.15, 0.2) is 0 Å². The Labute approximate surface area is 68.1 Å². The molecule has 0 saturated heterocycles. The van der Waals surface area contributed by atoms with Gasteiger partial charge in [-0.25, -0.2) is 4.89 Å². The van der Waals surface area contributed by atoms with Crippen LogP contribution in [0, 0.1) is 0 Å². The largest absolute Gasteiger partial charge is 0.352 e. The number of hydrogen-bond acceptors (Lipinski definition) is 3. The van der Waals surface area contributed by atoms with Crippen molar-refractivity contribution in [2.45, 2.75) is 13.0 Å². The Hall–Kier alpha value is 0.590. The van der Waals surface area contributed by atoms with Crippen molar-refractivity contribution in [3.8, 4) is 0 Å². The topological polar surface area (TPSA) is 55.8 Å². The van der Waals surface area contributed by atoms with E-state index in [0.717, 1.165) is 6.66 Å². The summed E-state index contributed by atoms with van der Waals surface area (Å²) in [5.41, 5.74) is 0. The normalized spacial score (nSPS) is 20.0. The first-order valence-electron chi connectivity index (χ1n) is 2.67. The summed E-state index contributed by atoms with van der Waals surface area (Å²) in [6.07, 6.45) is -0.222. The predicted octanol–water partition coefficient (Wildman–Crippen LogP) is 1.53. The molecule has 0 aromatic carbocycles. The molecule has 0 heterocycles. The highest BCUT2D eigenvalue weighted by atomic mass is 79.9. The van der Waals surface area contributed by atoms with Crippen LogP contribution in [0.4, 0.5) is 0 Å². The minimum Gasteiger partial charge on any atom is -0.323 e. The van der Waals surface area contributed by atoms with Gasteiger partial charge < -0.3 is 4.89 Å². The molecule has 10 heavy (non-hydrogen) atoms. The Morgan fingerprint density at radius 2 is 2.30 bits per heavy atom. The van der Waals surface area contributed by atoms with Crippen LogP contribution in [0.5, 0.6) is 0 Å². The summed E-state index contributed by atoms with van der Waals surface area (Å²) in [6.45, 7) is 2.78. The Morgan fingerprint density at radius 3 is 2.60 bits per heavy atom. The van der Waals surface area contributed by atoms with Gasteiger partial charge in [0, 0.05) is 12.0 Å². The second-order valence-corrected chi connectivity index (χ2v) is 4.34. The second kappa shape index (κ2) is 4.46. The molecule has 0 fully saturated rings. The Morgan fingerprint density at radius 1 is 1.80 bits per heavy atom. The first-order valence-corrected chi connectivity index (χ1v) is 5.81. The summed E-state index contributed by atoms with van der Waals surface area (Å²) in [5, 5.41) is 0.563. The summed E-state index contributed by atoms with van der Waals surface area (Å²) < 4.78 is 14.6. The monoisotopic (exact) mass is 232 g/mol. The number of hydrogen-bond donors (Lipinski definition) is 1. The summed E-state index contributed by atoms with van der Waals surface area (Å²) >= 11 is 3.11. The molecular weight excluding hydrogens is 223 g/mol. The molecule has 0 rings (SSSR count). The molecule has 0 aliphatic heterocycles. The van der Waals surface area contributed by atoms with E-state index in [1.165, 1.54) is 0 Å². The second-order valence-electron chi connectivity index (χ2n) is 1.94. The van der Waals surface area contributed by atoms with Gasteiger partial charge in [0.25, 0.3) is 0 Å². The lowest BCUT2D eigenvalue weighted by atomic mass is 10.5. The van der Waals surface area contributed by atoms with Gasteiger partial charge in [-0.3, -0.25) is 4.57 Å². The molecule has 0 bridgehead atoms. The van der Waals surface area contributed by atoms with Gasteiger partial charge in [-0.2, -0.15) is 0 Å². The van der Waals surface area contributed by atoms with Crippen molar-refractivity contribution < 1.29 is 19.0 Å². The van der Waals surface area contributed by atoms with Crippen LogP contribution in [-0.2, 0) is 14.1 Å². The van der Waals surface area contributed by atoms with Crippen molar-refractivity contribution in [3.63, 3.8) is 0 Å². The molecule has 0 aliphatic carbocycles. The van der Waals surface area contributed by atoms with Gasteiger partial charge in [0.05, 0.1) is 0 Å². The Bertz CT molecular complexity index is 133. The van der Waals surface area contributed by atoms with Crippen LogP contribution >= 0.6 is 23.5 Å². The molecule has 2 atom stereocenters. The van der Waals surface area contributed by atoms with E-state index in [9.17, 15) is 4.57 Å². The van der Waals surface area contributed by atoms with E-state index < -0.39 is 7.60 Å². The van der Waals surface area contributed by atoms with Crippen molar-refractivity contribution in [2.24, 2.45) is 0 Å². The van der Waals surface area contributed by atoms with Crippen molar-refractivity contribution in [1.29, 1.82) is 0 Å². The van der Waals surface area contributed by atoms with Gasteiger partial charge in [0.15, 0.2) is 0 Å². The minimum atomic E-state index is -3.48. The summed E-state index contributed by atoms with van der Waals surface area (Å²) in [6, 6.07) is 0. The van der Waals surface area contributed by atoms with Crippen LogP contribution in [0.1, 0.15) is 6.92 Å². The minimum absolute atomic E-state index is 0.222. The van der Waals surface area contributed by atoms with Gasteiger partial charge >= 0.3 is 7.60 Å². The first kappa shape index (κ1) is 10.6. The molecule has 0 aromatic rings. The van der Waals surface area contributed by atoms with Gasteiger partial charge in [-0.05, 0) is 6.92 Å². The lowest BCUT2D eigenvalue weighted by Gasteiger charge is -2.09. The summed E-state index contributed by atoms with van der Waals surface area (Å²) in [7, 11) is -3.48. The summed E-state index contributed by atoms with van der Waals surface area (Å²) in [5.74, 6) is 0. The zero-order chi connectivity index (χ0) is 8.20. The van der Waals surface area contributed by atoms with Gasteiger partial charge in [-0.15, -0.1) is 4.67 Å². The van der Waals surface area contributed by atoms with Crippen molar-refractivity contribution in [1.82, 2.24) is 0 Å². The maximum absolute atomic E-state index is 10.4. The molecule has 4 nitrogen and oxygen atoms in total. The molecule has 6 heteroatoms. The quantitative estimate of drug-likeness (QED) is 0.346. The molecule has 62 valence electrons. The molecule has 0 aliphatic rings. The number of alkyl halides is 1. The van der Waals surface area contributed by atoms with Crippen LogP contribution < -0.4 is 0 Å². The van der Waals surface area contributed by atoms with E-state index in [1.54, 1.807) is 6.92 Å². The van der Waals surface area contributed by atoms with Gasteiger partial charge in [0.2, 0.25) is 0 Å². The molecule has 0 saturated carbocycles. The van der Waals surface area contributed by atoms with Gasteiger partial charge in [0.1, 0.15) is 6.10 Å². The lowest BCUT2D eigenvalue weighted by Crippen LogP contribution is -2.08. The van der Waals surface area contributed by atoms with E-state index in [2.05, 4.69) is 25.5 Å². The smallest absolute Gasteiger partial charge is 0.323 e. The Kier molecular flexibility index (Phi) is 4.73. The third-order valence-electron chi connectivity index (χ3n) is 0.563. The SMILES string of the molecule is C[C@@H](CBr)OOP(C)(=O)O. The fourth-order valence-corrected chi connectivity index (χ4v) is 0.594. The standard InChI is InChI=1S/C4H10BrO4P/c1-4(3-5)8-9-10(2,6)7/h4H,3H2,1-2H3,(H,6,7)/t4-/m0/s1. The van der Waals surface area contributed by atoms with Crippen molar-refractivity contribution in [2.75, 3.05) is 12.0 Å². The fourth-order valence-electron chi connectivity index (χ4n) is 0.179. The highest BCUT2D eigenvalue weighted by molar-refractivity contribution is 9.09. The van der Waals surface area contributed by atoms with E-state index in [4.69, 9.17) is 4.89 Å². The highest BCUT2D eigenvalue weighted by Gasteiger charge is 2.13. The maximum Gasteiger partial charge on any atom is 0.352 e. The van der Waals surface area contributed by atoms with E-state index in [-0.39, 0.29) is 6.10 Å². The molecular formula is C4H10BrO4P. The maximum atomic E-state index is 10.4. The van der Waals surface area contributed by atoms with Gasteiger partial charge in [-0.1, -0.05) is 15.9 Å². The van der Waals surface area contributed by atoms with Crippen LogP contribution in [0.25, 0.3) is 0 Å². The molecule has 0 amide bonds. The van der Waals surface area contributed by atoms with E-state index in [0.29, 0.717) is 5.33 Å². The Balaban J connectivity index is 3.46. The van der Waals surface area contributed by atoms with Crippen molar-refractivity contribution >= 4 is 23.5 Å². The number of rotatable bonds is 4. The third kappa shape index (κ3) is 6.71. The lowest BCUT2D eigenvalue weighted by molar-refractivity contribution is -0.238. The third-order valence-corrected chi connectivity index (χ3v) is 1.84. The average Bonchev–Trinajstić information content (AvgIpc) is 1.81. The predicted molar refractivity (Wildman–Crippen MR) is 41.2 cm³/mol. The van der Waals surface area contributed by atoms with Crippen LogP contribution in [-0.4, -0.2) is 23.0 Å². The zero-order valence-electron chi connectivity index (χ0n) is 5.78. The molecule has 0 radical (unpaired) electrons. The van der Waals surface area contributed by atoms with E-state index >= 15 is 0 Å². The summed E-state index contributed by atoms with van der Waals surface area (Å²) in [4.78, 5) is 13.1. The number of halogens is 1. The molecule has 1 unspecified atom stereocenters. The van der Waals surface area contributed by atoms with Crippen LogP contribution in [0.3, 0.4) is 0 Å². The molecule has 0 spiro atoms. The van der Waals surface area contributed by atoms with Crippen molar-refractivity contribution in [3.05, 3.63) is 0 Å². The highest BCUT2D eigenvalue weighted by Crippen LogP contribution is 2.37. The van der Waals surface area contributed by atoms with Crippen LogP contribution in [0.2, 0.25) is 0 Å². The first-order chi connectivity index (χ1) is 4.45. The fraction of sp³-hybridized carbons (Fsp3) is 1.00.